The number of hydrogen-bond donors (Lipinski definition) is 1. The molecule has 0 spiro atoms. The molecule has 3 aromatic rings. The van der Waals surface area contributed by atoms with Crippen LogP contribution in [-0.4, -0.2) is 23.3 Å². The monoisotopic (exact) mass is 406 g/mol. The van der Waals surface area contributed by atoms with Crippen LogP contribution in [0.2, 0.25) is 0 Å². The van der Waals surface area contributed by atoms with Crippen LogP contribution >= 0.6 is 0 Å². The molecule has 0 fully saturated rings. The highest BCUT2D eigenvalue weighted by atomic mass is 16.6. The van der Waals surface area contributed by atoms with E-state index in [0.717, 1.165) is 5.56 Å². The van der Waals surface area contributed by atoms with E-state index in [0.29, 0.717) is 17.1 Å². The lowest BCUT2D eigenvalue weighted by Gasteiger charge is -2.08. The second-order valence-electron chi connectivity index (χ2n) is 6.21. The van der Waals surface area contributed by atoms with Gasteiger partial charge in [-0.25, -0.2) is 0 Å². The van der Waals surface area contributed by atoms with E-state index in [9.17, 15) is 19.7 Å². The van der Waals surface area contributed by atoms with Crippen molar-refractivity contribution in [3.63, 3.8) is 0 Å². The van der Waals surface area contributed by atoms with Crippen LogP contribution in [0.4, 0.5) is 5.69 Å². The predicted molar refractivity (Wildman–Crippen MR) is 108 cm³/mol. The Balaban J connectivity index is 1.44. The molecule has 0 radical (unpaired) electrons. The van der Waals surface area contributed by atoms with Crippen molar-refractivity contribution in [2.45, 2.75) is 6.61 Å². The fourth-order valence-electron chi connectivity index (χ4n) is 2.48. The molecule has 1 amide bonds. The standard InChI is InChI=1S/C22H18N2O6/c25-21(14-23-22(26)17-4-2-1-3-5-17)29-15-16-6-10-19(11-7-16)30-20-12-8-18(9-13-20)24(27)28/h1-13H,14-15H2,(H,23,26). The van der Waals surface area contributed by atoms with Crippen LogP contribution in [0.1, 0.15) is 15.9 Å². The van der Waals surface area contributed by atoms with Crippen molar-refractivity contribution in [2.24, 2.45) is 0 Å². The Morgan fingerprint density at radius 1 is 0.867 bits per heavy atom. The van der Waals surface area contributed by atoms with Crippen molar-refractivity contribution in [2.75, 3.05) is 6.54 Å². The van der Waals surface area contributed by atoms with Crippen LogP contribution in [0, 0.1) is 10.1 Å². The predicted octanol–water partition coefficient (Wildman–Crippen LogP) is 3.86. The summed E-state index contributed by atoms with van der Waals surface area (Å²) in [4.78, 5) is 33.9. The van der Waals surface area contributed by atoms with Gasteiger partial charge in [-0.2, -0.15) is 0 Å². The van der Waals surface area contributed by atoms with Crippen LogP contribution in [0.25, 0.3) is 0 Å². The lowest BCUT2D eigenvalue weighted by molar-refractivity contribution is -0.384. The van der Waals surface area contributed by atoms with Gasteiger partial charge < -0.3 is 14.8 Å². The van der Waals surface area contributed by atoms with Crippen LogP contribution in [-0.2, 0) is 16.1 Å². The number of hydrogen-bond acceptors (Lipinski definition) is 6. The third-order valence-electron chi connectivity index (χ3n) is 4.04. The Labute approximate surface area is 172 Å². The molecular weight excluding hydrogens is 388 g/mol. The quantitative estimate of drug-likeness (QED) is 0.346. The molecule has 0 saturated carbocycles. The molecule has 0 bridgehead atoms. The third-order valence-corrected chi connectivity index (χ3v) is 4.04. The number of carbonyl (C=O) groups excluding carboxylic acids is 2. The summed E-state index contributed by atoms with van der Waals surface area (Å²) in [5.41, 5.74) is 1.20. The first-order chi connectivity index (χ1) is 14.5. The summed E-state index contributed by atoms with van der Waals surface area (Å²) in [7, 11) is 0. The molecular formula is C22H18N2O6. The number of nitrogens with one attached hydrogen (secondary N) is 1. The van der Waals surface area contributed by atoms with E-state index in [1.165, 1.54) is 24.3 Å². The van der Waals surface area contributed by atoms with Gasteiger partial charge in [0.25, 0.3) is 11.6 Å². The summed E-state index contributed by atoms with van der Waals surface area (Å²) in [6.45, 7) is -0.174. The van der Waals surface area contributed by atoms with E-state index >= 15 is 0 Å². The molecule has 8 heteroatoms. The number of benzene rings is 3. The van der Waals surface area contributed by atoms with Gasteiger partial charge in [-0.15, -0.1) is 0 Å². The van der Waals surface area contributed by atoms with Crippen LogP contribution < -0.4 is 10.1 Å². The number of ether oxygens (including phenoxy) is 2. The van der Waals surface area contributed by atoms with Crippen LogP contribution in [0.5, 0.6) is 11.5 Å². The Morgan fingerprint density at radius 2 is 1.47 bits per heavy atom. The van der Waals surface area contributed by atoms with E-state index in [1.807, 2.05) is 0 Å². The fourth-order valence-corrected chi connectivity index (χ4v) is 2.48. The minimum absolute atomic E-state index is 0.0144. The van der Waals surface area contributed by atoms with Gasteiger partial charge in [0.1, 0.15) is 24.7 Å². The van der Waals surface area contributed by atoms with Gasteiger partial charge in [-0.3, -0.25) is 19.7 Å². The number of nitrogens with zero attached hydrogens (tertiary/aromatic N) is 1. The van der Waals surface area contributed by atoms with Gasteiger partial charge in [0.2, 0.25) is 0 Å². The summed E-state index contributed by atoms with van der Waals surface area (Å²) < 4.78 is 10.8. The lowest BCUT2D eigenvalue weighted by atomic mass is 10.2. The van der Waals surface area contributed by atoms with E-state index in [-0.39, 0.29) is 24.7 Å². The largest absolute Gasteiger partial charge is 0.460 e. The average molecular weight is 406 g/mol. The normalized spacial score (nSPS) is 10.1. The molecule has 8 nitrogen and oxygen atoms in total. The Hall–Kier alpha value is -4.20. The first-order valence-electron chi connectivity index (χ1n) is 9.01. The molecule has 0 heterocycles. The molecule has 0 unspecified atom stereocenters. The van der Waals surface area contributed by atoms with Gasteiger partial charge in [0.15, 0.2) is 0 Å². The molecule has 3 aromatic carbocycles. The Kier molecular flexibility index (Phi) is 6.73. The van der Waals surface area contributed by atoms with Crippen molar-refractivity contribution in [3.8, 4) is 11.5 Å². The highest BCUT2D eigenvalue weighted by Crippen LogP contribution is 2.24. The van der Waals surface area contributed by atoms with E-state index < -0.39 is 10.9 Å². The second-order valence-corrected chi connectivity index (χ2v) is 6.21. The zero-order valence-corrected chi connectivity index (χ0v) is 15.8. The van der Waals surface area contributed by atoms with E-state index in [2.05, 4.69) is 5.32 Å². The highest BCUT2D eigenvalue weighted by molar-refractivity contribution is 5.95. The Morgan fingerprint density at radius 3 is 2.07 bits per heavy atom. The summed E-state index contributed by atoms with van der Waals surface area (Å²) in [5, 5.41) is 13.2. The number of non-ortho nitro benzene ring substituents is 1. The number of nitro groups is 1. The van der Waals surface area contributed by atoms with Crippen molar-refractivity contribution < 1.29 is 24.0 Å². The van der Waals surface area contributed by atoms with Crippen molar-refractivity contribution in [1.82, 2.24) is 5.32 Å². The molecule has 1 N–H and O–H groups in total. The number of amides is 1. The smallest absolute Gasteiger partial charge is 0.325 e. The molecule has 152 valence electrons. The van der Waals surface area contributed by atoms with Crippen LogP contribution in [0.15, 0.2) is 78.9 Å². The zero-order valence-electron chi connectivity index (χ0n) is 15.8. The van der Waals surface area contributed by atoms with Gasteiger partial charge in [0, 0.05) is 17.7 Å². The van der Waals surface area contributed by atoms with Gasteiger partial charge in [-0.05, 0) is 42.0 Å². The topological polar surface area (TPSA) is 108 Å². The maximum atomic E-state index is 11.9. The number of esters is 1. The molecule has 3 rings (SSSR count). The number of rotatable bonds is 8. The zero-order chi connectivity index (χ0) is 21.3. The highest BCUT2D eigenvalue weighted by Gasteiger charge is 2.09. The first kappa shape index (κ1) is 20.5. The van der Waals surface area contributed by atoms with Crippen molar-refractivity contribution in [3.05, 3.63) is 100 Å². The third kappa shape index (κ3) is 5.90. The average Bonchev–Trinajstić information content (AvgIpc) is 2.78. The fraction of sp³-hybridized carbons (Fsp3) is 0.0909. The van der Waals surface area contributed by atoms with E-state index in [1.54, 1.807) is 54.6 Å². The maximum absolute atomic E-state index is 11.9. The van der Waals surface area contributed by atoms with Gasteiger partial charge in [0.05, 0.1) is 4.92 Å². The number of nitro benzene ring substituents is 1. The maximum Gasteiger partial charge on any atom is 0.325 e. The Bertz CT molecular complexity index is 1020. The summed E-state index contributed by atoms with van der Waals surface area (Å²) in [6, 6.07) is 21.2. The lowest BCUT2D eigenvalue weighted by Crippen LogP contribution is -2.30. The molecule has 0 aliphatic carbocycles. The van der Waals surface area contributed by atoms with Gasteiger partial charge in [-0.1, -0.05) is 30.3 Å². The molecule has 0 saturated heterocycles. The number of carbonyl (C=O) groups is 2. The minimum Gasteiger partial charge on any atom is -0.460 e. The van der Waals surface area contributed by atoms with Crippen molar-refractivity contribution in [1.29, 1.82) is 0 Å². The first-order valence-corrected chi connectivity index (χ1v) is 9.01. The van der Waals surface area contributed by atoms with Crippen molar-refractivity contribution >= 4 is 17.6 Å². The molecule has 0 aliphatic rings. The molecule has 0 aromatic heterocycles. The SMILES string of the molecule is O=C(CNC(=O)c1ccccc1)OCc1ccc(Oc2ccc([N+](=O)[O-])cc2)cc1. The minimum atomic E-state index is -0.550. The van der Waals surface area contributed by atoms with Gasteiger partial charge >= 0.3 is 5.97 Å². The summed E-state index contributed by atoms with van der Waals surface area (Å²) in [6.07, 6.45) is 0. The molecule has 0 aliphatic heterocycles. The van der Waals surface area contributed by atoms with E-state index in [4.69, 9.17) is 9.47 Å². The summed E-state index contributed by atoms with van der Waals surface area (Å²) >= 11 is 0. The molecule has 30 heavy (non-hydrogen) atoms. The molecule has 0 atom stereocenters. The second kappa shape index (κ2) is 9.83. The summed E-state index contributed by atoms with van der Waals surface area (Å²) in [5.74, 6) is 0.105. The van der Waals surface area contributed by atoms with Crippen LogP contribution in [0.3, 0.4) is 0 Å².